The molecular formula is C10H18N6O. The van der Waals surface area contributed by atoms with E-state index in [4.69, 9.17) is 10.6 Å². The highest BCUT2D eigenvalue weighted by Crippen LogP contribution is 2.29. The summed E-state index contributed by atoms with van der Waals surface area (Å²) < 4.78 is 4.96. The van der Waals surface area contributed by atoms with Crippen molar-refractivity contribution in [3.63, 3.8) is 0 Å². The molecule has 0 unspecified atom stereocenters. The van der Waals surface area contributed by atoms with Gasteiger partial charge in [-0.2, -0.15) is 15.0 Å². The van der Waals surface area contributed by atoms with Gasteiger partial charge in [0.1, 0.15) is 0 Å². The maximum atomic E-state index is 5.26. The lowest BCUT2D eigenvalue weighted by molar-refractivity contribution is 0.302. The van der Waals surface area contributed by atoms with E-state index < -0.39 is 0 Å². The molecule has 1 aromatic heterocycles. The summed E-state index contributed by atoms with van der Waals surface area (Å²) in [5.41, 5.74) is 2.38. The van der Waals surface area contributed by atoms with E-state index in [0.29, 0.717) is 11.9 Å². The number of hydrogen-bond donors (Lipinski definition) is 3. The van der Waals surface area contributed by atoms with Crippen LogP contribution < -0.4 is 21.3 Å². The molecule has 0 radical (unpaired) electrons. The summed E-state index contributed by atoms with van der Waals surface area (Å²) in [6.07, 6.45) is 5.21. The standard InChI is InChI=1S/C10H18N6O/c1-17-10-14-8(13-9(15-10)16-11)12-6-5-7-3-2-4-7/h7H,2-6,11H2,1H3,(H2,12,13,14,15,16). The van der Waals surface area contributed by atoms with Crippen LogP contribution in [0.3, 0.4) is 0 Å². The van der Waals surface area contributed by atoms with Crippen molar-refractivity contribution >= 4 is 11.9 Å². The molecule has 1 saturated carbocycles. The average molecular weight is 238 g/mol. The van der Waals surface area contributed by atoms with Crippen LogP contribution in [-0.2, 0) is 0 Å². The monoisotopic (exact) mass is 238 g/mol. The van der Waals surface area contributed by atoms with Crippen LogP contribution in [0.4, 0.5) is 11.9 Å². The summed E-state index contributed by atoms with van der Waals surface area (Å²) in [7, 11) is 1.51. The van der Waals surface area contributed by atoms with Crippen molar-refractivity contribution in [3.8, 4) is 6.01 Å². The zero-order valence-electron chi connectivity index (χ0n) is 9.94. The first-order valence-electron chi connectivity index (χ1n) is 5.82. The predicted molar refractivity (Wildman–Crippen MR) is 64.6 cm³/mol. The Labute approximate surface area is 100 Å². The summed E-state index contributed by atoms with van der Waals surface area (Å²) in [5, 5.41) is 3.16. The first kappa shape index (κ1) is 11.8. The topological polar surface area (TPSA) is 98.0 Å². The Bertz CT molecular complexity index is 346. The molecule has 7 heteroatoms. The largest absolute Gasteiger partial charge is 0.467 e. The van der Waals surface area contributed by atoms with Crippen LogP contribution in [-0.4, -0.2) is 28.6 Å². The van der Waals surface area contributed by atoms with Crippen LogP contribution in [0.5, 0.6) is 6.01 Å². The van der Waals surface area contributed by atoms with Gasteiger partial charge in [-0.1, -0.05) is 19.3 Å². The molecule has 7 nitrogen and oxygen atoms in total. The van der Waals surface area contributed by atoms with Gasteiger partial charge in [-0.3, -0.25) is 5.43 Å². The Kier molecular flexibility index (Phi) is 3.92. The fourth-order valence-electron chi connectivity index (χ4n) is 1.76. The van der Waals surface area contributed by atoms with Gasteiger partial charge >= 0.3 is 6.01 Å². The van der Waals surface area contributed by atoms with E-state index in [9.17, 15) is 0 Å². The first-order chi connectivity index (χ1) is 8.31. The molecule has 0 aromatic carbocycles. The molecule has 94 valence electrons. The first-order valence-corrected chi connectivity index (χ1v) is 5.82. The highest BCUT2D eigenvalue weighted by molar-refractivity contribution is 5.34. The van der Waals surface area contributed by atoms with E-state index in [1.54, 1.807) is 0 Å². The number of aromatic nitrogens is 3. The molecule has 0 atom stereocenters. The molecule has 1 aliphatic carbocycles. The van der Waals surface area contributed by atoms with Crippen molar-refractivity contribution in [2.75, 3.05) is 24.4 Å². The number of hydrogen-bond acceptors (Lipinski definition) is 7. The number of ether oxygens (including phenoxy) is 1. The molecule has 1 fully saturated rings. The van der Waals surface area contributed by atoms with E-state index in [-0.39, 0.29) is 6.01 Å². The normalized spacial score (nSPS) is 15.2. The molecule has 0 bridgehead atoms. The number of rotatable bonds is 6. The van der Waals surface area contributed by atoms with Gasteiger partial charge in [0.15, 0.2) is 0 Å². The summed E-state index contributed by atoms with van der Waals surface area (Å²) in [4.78, 5) is 12.1. The Hall–Kier alpha value is -1.63. The fraction of sp³-hybridized carbons (Fsp3) is 0.700. The third-order valence-corrected chi connectivity index (χ3v) is 2.99. The molecule has 1 aliphatic rings. The third-order valence-electron chi connectivity index (χ3n) is 2.99. The minimum atomic E-state index is 0.249. The van der Waals surface area contributed by atoms with Crippen molar-refractivity contribution in [1.29, 1.82) is 0 Å². The molecule has 0 amide bonds. The number of hydrazine groups is 1. The van der Waals surface area contributed by atoms with Gasteiger partial charge in [0.05, 0.1) is 7.11 Å². The van der Waals surface area contributed by atoms with Crippen molar-refractivity contribution < 1.29 is 4.74 Å². The van der Waals surface area contributed by atoms with E-state index >= 15 is 0 Å². The molecule has 17 heavy (non-hydrogen) atoms. The molecule has 0 saturated heterocycles. The highest BCUT2D eigenvalue weighted by atomic mass is 16.5. The quantitative estimate of drug-likeness (QED) is 0.497. The van der Waals surface area contributed by atoms with Crippen molar-refractivity contribution in [3.05, 3.63) is 0 Å². The van der Waals surface area contributed by atoms with E-state index in [0.717, 1.165) is 18.9 Å². The second-order valence-electron chi connectivity index (χ2n) is 4.13. The van der Waals surface area contributed by atoms with E-state index in [1.807, 2.05) is 0 Å². The molecular weight excluding hydrogens is 220 g/mol. The lowest BCUT2D eigenvalue weighted by Gasteiger charge is -2.25. The zero-order valence-corrected chi connectivity index (χ0v) is 9.94. The summed E-state index contributed by atoms with van der Waals surface area (Å²) in [5.74, 6) is 6.91. The van der Waals surface area contributed by atoms with Crippen LogP contribution in [0.25, 0.3) is 0 Å². The Morgan fingerprint density at radius 3 is 2.65 bits per heavy atom. The van der Waals surface area contributed by atoms with Gasteiger partial charge in [0, 0.05) is 6.54 Å². The maximum absolute atomic E-state index is 5.26. The van der Waals surface area contributed by atoms with Gasteiger partial charge in [-0.05, 0) is 12.3 Å². The van der Waals surface area contributed by atoms with Crippen LogP contribution in [0.15, 0.2) is 0 Å². The van der Waals surface area contributed by atoms with Crippen LogP contribution in [0.2, 0.25) is 0 Å². The second-order valence-corrected chi connectivity index (χ2v) is 4.13. The van der Waals surface area contributed by atoms with Gasteiger partial charge in [0.2, 0.25) is 11.9 Å². The Balaban J connectivity index is 1.89. The number of nitrogen functional groups attached to an aromatic ring is 1. The van der Waals surface area contributed by atoms with Crippen LogP contribution in [0.1, 0.15) is 25.7 Å². The number of nitrogens with two attached hydrogens (primary N) is 1. The molecule has 4 N–H and O–H groups in total. The summed E-state index contributed by atoms with van der Waals surface area (Å²) in [6.45, 7) is 0.863. The molecule has 1 aromatic rings. The van der Waals surface area contributed by atoms with Crippen LogP contribution in [0, 0.1) is 5.92 Å². The number of nitrogens with zero attached hydrogens (tertiary/aromatic N) is 3. The number of methoxy groups -OCH3 is 1. The molecule has 0 spiro atoms. The third kappa shape index (κ3) is 3.16. The van der Waals surface area contributed by atoms with Gasteiger partial charge in [-0.25, -0.2) is 5.84 Å². The average Bonchev–Trinajstić information content (AvgIpc) is 2.31. The van der Waals surface area contributed by atoms with Gasteiger partial charge in [0.25, 0.3) is 0 Å². The SMILES string of the molecule is COc1nc(NN)nc(NCCC2CCC2)n1. The van der Waals surface area contributed by atoms with Crippen LogP contribution >= 0.6 is 0 Å². The lowest BCUT2D eigenvalue weighted by atomic mass is 9.83. The zero-order chi connectivity index (χ0) is 12.1. The summed E-state index contributed by atoms with van der Waals surface area (Å²) >= 11 is 0. The second kappa shape index (κ2) is 5.62. The van der Waals surface area contributed by atoms with Gasteiger partial charge < -0.3 is 10.1 Å². The molecule has 1 heterocycles. The van der Waals surface area contributed by atoms with E-state index in [2.05, 4.69) is 25.7 Å². The maximum Gasteiger partial charge on any atom is 0.322 e. The van der Waals surface area contributed by atoms with Crippen molar-refractivity contribution in [1.82, 2.24) is 15.0 Å². The highest BCUT2D eigenvalue weighted by Gasteiger charge is 2.16. The number of anilines is 2. The van der Waals surface area contributed by atoms with Crippen molar-refractivity contribution in [2.24, 2.45) is 11.8 Å². The lowest BCUT2D eigenvalue weighted by Crippen LogP contribution is -2.18. The Morgan fingerprint density at radius 1 is 1.29 bits per heavy atom. The number of nitrogens with one attached hydrogen (secondary N) is 2. The van der Waals surface area contributed by atoms with E-state index in [1.165, 1.54) is 26.4 Å². The minimum Gasteiger partial charge on any atom is -0.467 e. The molecule has 2 rings (SSSR count). The predicted octanol–water partition coefficient (Wildman–Crippen LogP) is 0.768. The molecule has 0 aliphatic heterocycles. The smallest absolute Gasteiger partial charge is 0.322 e. The van der Waals surface area contributed by atoms with Gasteiger partial charge in [-0.15, -0.1) is 0 Å². The fourth-order valence-corrected chi connectivity index (χ4v) is 1.76. The Morgan fingerprint density at radius 2 is 2.06 bits per heavy atom. The minimum absolute atomic E-state index is 0.249. The summed E-state index contributed by atoms with van der Waals surface area (Å²) in [6, 6.07) is 0.249. The van der Waals surface area contributed by atoms with Crippen molar-refractivity contribution in [2.45, 2.75) is 25.7 Å².